The third kappa shape index (κ3) is 5.67. The van der Waals surface area contributed by atoms with Crippen LogP contribution in [0.5, 0.6) is 0 Å². The Bertz CT molecular complexity index is 796. The lowest BCUT2D eigenvalue weighted by atomic mass is 9.98. The van der Waals surface area contributed by atoms with Crippen LogP contribution in [-0.4, -0.2) is 33.3 Å². The molecule has 0 fully saturated rings. The highest BCUT2D eigenvalue weighted by atomic mass is 16.4. The van der Waals surface area contributed by atoms with Gasteiger partial charge in [-0.25, -0.2) is 0 Å². The Morgan fingerprint density at radius 1 is 1.30 bits per heavy atom. The second-order valence-electron chi connectivity index (χ2n) is 7.37. The highest BCUT2D eigenvalue weighted by molar-refractivity contribution is 5.95. The van der Waals surface area contributed by atoms with E-state index in [1.807, 2.05) is 42.8 Å². The zero-order valence-corrected chi connectivity index (χ0v) is 16.5. The average Bonchev–Trinajstić information content (AvgIpc) is 3.00. The molecule has 27 heavy (non-hydrogen) atoms. The number of benzene rings is 1. The maximum atomic E-state index is 12.6. The summed E-state index contributed by atoms with van der Waals surface area (Å²) in [5.41, 5.74) is 3.45. The standard InChI is InChI=1S/C21H29N3O3/c1-5-19-18(12-23-24(19)13-14(2)3)20(25)22-11-17(21(26)27)10-16-8-6-7-15(4)9-16/h6-9,12,14,17H,5,10-11,13H2,1-4H3,(H,22,25)(H,26,27). The van der Waals surface area contributed by atoms with E-state index in [-0.39, 0.29) is 12.5 Å². The van der Waals surface area contributed by atoms with Crippen molar-refractivity contribution in [2.75, 3.05) is 6.54 Å². The smallest absolute Gasteiger partial charge is 0.308 e. The lowest BCUT2D eigenvalue weighted by Crippen LogP contribution is -2.34. The summed E-state index contributed by atoms with van der Waals surface area (Å²) in [6.45, 7) is 9.00. The van der Waals surface area contributed by atoms with Gasteiger partial charge >= 0.3 is 5.97 Å². The molecule has 2 N–H and O–H groups in total. The lowest BCUT2D eigenvalue weighted by molar-refractivity contribution is -0.141. The van der Waals surface area contributed by atoms with Crippen molar-refractivity contribution in [3.63, 3.8) is 0 Å². The molecule has 2 rings (SSSR count). The first-order valence-corrected chi connectivity index (χ1v) is 9.43. The largest absolute Gasteiger partial charge is 0.481 e. The maximum absolute atomic E-state index is 12.6. The highest BCUT2D eigenvalue weighted by Crippen LogP contribution is 2.14. The van der Waals surface area contributed by atoms with Crippen LogP contribution in [0.25, 0.3) is 0 Å². The molecule has 0 bridgehead atoms. The average molecular weight is 371 g/mol. The number of carboxylic acids is 1. The fourth-order valence-electron chi connectivity index (χ4n) is 3.16. The summed E-state index contributed by atoms with van der Waals surface area (Å²) in [7, 11) is 0. The molecule has 1 aromatic carbocycles. The number of nitrogens with zero attached hydrogens (tertiary/aromatic N) is 2. The van der Waals surface area contributed by atoms with Crippen LogP contribution in [0.2, 0.25) is 0 Å². The number of amides is 1. The first-order valence-electron chi connectivity index (χ1n) is 9.43. The van der Waals surface area contributed by atoms with E-state index in [4.69, 9.17) is 0 Å². The molecule has 1 aromatic heterocycles. The zero-order valence-electron chi connectivity index (χ0n) is 16.5. The van der Waals surface area contributed by atoms with E-state index in [9.17, 15) is 14.7 Å². The second-order valence-corrected chi connectivity index (χ2v) is 7.37. The van der Waals surface area contributed by atoms with E-state index in [2.05, 4.69) is 24.3 Å². The molecule has 0 saturated carbocycles. The minimum Gasteiger partial charge on any atom is -0.481 e. The van der Waals surface area contributed by atoms with Crippen LogP contribution in [0.1, 0.15) is 48.0 Å². The van der Waals surface area contributed by atoms with Gasteiger partial charge in [0.05, 0.1) is 23.4 Å². The van der Waals surface area contributed by atoms with Gasteiger partial charge in [0.25, 0.3) is 5.91 Å². The Labute approximate surface area is 160 Å². The number of hydrogen-bond acceptors (Lipinski definition) is 3. The molecule has 2 aromatic rings. The molecule has 1 heterocycles. The van der Waals surface area contributed by atoms with Crippen LogP contribution in [0.3, 0.4) is 0 Å². The monoisotopic (exact) mass is 371 g/mol. The van der Waals surface area contributed by atoms with Crippen molar-refractivity contribution < 1.29 is 14.7 Å². The fourth-order valence-corrected chi connectivity index (χ4v) is 3.16. The van der Waals surface area contributed by atoms with Gasteiger partial charge in [-0.15, -0.1) is 0 Å². The number of aromatic nitrogens is 2. The SMILES string of the molecule is CCc1c(C(=O)NCC(Cc2cccc(C)c2)C(=O)O)cnn1CC(C)C. The quantitative estimate of drug-likeness (QED) is 0.709. The molecule has 146 valence electrons. The summed E-state index contributed by atoms with van der Waals surface area (Å²) >= 11 is 0. The number of hydrogen-bond donors (Lipinski definition) is 2. The van der Waals surface area contributed by atoms with Crippen LogP contribution in [0.15, 0.2) is 30.5 Å². The Morgan fingerprint density at radius 3 is 2.63 bits per heavy atom. The van der Waals surface area contributed by atoms with Crippen LogP contribution in [0, 0.1) is 18.8 Å². The van der Waals surface area contributed by atoms with Gasteiger partial charge in [0.1, 0.15) is 0 Å². The third-order valence-electron chi connectivity index (χ3n) is 4.49. The van der Waals surface area contributed by atoms with E-state index < -0.39 is 11.9 Å². The van der Waals surface area contributed by atoms with Crippen molar-refractivity contribution in [3.8, 4) is 0 Å². The number of aryl methyl sites for hydroxylation is 1. The highest BCUT2D eigenvalue weighted by Gasteiger charge is 2.22. The number of carboxylic acid groups (broad SMARTS) is 1. The van der Waals surface area contributed by atoms with Crippen LogP contribution < -0.4 is 5.32 Å². The number of carbonyl (C=O) groups is 2. The maximum Gasteiger partial charge on any atom is 0.308 e. The molecule has 0 aliphatic rings. The van der Waals surface area contributed by atoms with E-state index >= 15 is 0 Å². The predicted octanol–water partition coefficient (Wildman–Crippen LogP) is 3.08. The second kappa shape index (κ2) is 9.35. The van der Waals surface area contributed by atoms with E-state index in [1.165, 1.54) is 0 Å². The zero-order chi connectivity index (χ0) is 20.0. The third-order valence-corrected chi connectivity index (χ3v) is 4.49. The summed E-state index contributed by atoms with van der Waals surface area (Å²) in [5, 5.41) is 16.6. The number of rotatable bonds is 9. The van der Waals surface area contributed by atoms with Crippen LogP contribution in [-0.2, 0) is 24.2 Å². The first-order chi connectivity index (χ1) is 12.8. The van der Waals surface area contributed by atoms with Gasteiger partial charge < -0.3 is 10.4 Å². The normalized spacial score (nSPS) is 12.2. The molecule has 0 aliphatic carbocycles. The van der Waals surface area contributed by atoms with Crippen LogP contribution >= 0.6 is 0 Å². The van der Waals surface area contributed by atoms with E-state index in [0.717, 1.165) is 23.4 Å². The molecular formula is C21H29N3O3. The molecule has 0 radical (unpaired) electrons. The van der Waals surface area contributed by atoms with Crippen molar-refractivity contribution in [2.45, 2.75) is 47.1 Å². The molecular weight excluding hydrogens is 342 g/mol. The molecule has 1 amide bonds. The minimum absolute atomic E-state index is 0.0840. The number of aliphatic carboxylic acids is 1. The molecule has 0 spiro atoms. The molecule has 0 saturated heterocycles. The molecule has 6 heteroatoms. The number of nitrogens with one attached hydrogen (secondary N) is 1. The molecule has 1 atom stereocenters. The van der Waals surface area contributed by atoms with Gasteiger partial charge in [-0.2, -0.15) is 5.10 Å². The minimum atomic E-state index is -0.914. The van der Waals surface area contributed by atoms with Crippen molar-refractivity contribution in [1.82, 2.24) is 15.1 Å². The lowest BCUT2D eigenvalue weighted by Gasteiger charge is -2.14. The summed E-state index contributed by atoms with van der Waals surface area (Å²) in [5.74, 6) is -1.43. The Balaban J connectivity index is 2.05. The van der Waals surface area contributed by atoms with Crippen molar-refractivity contribution in [2.24, 2.45) is 11.8 Å². The molecule has 6 nitrogen and oxygen atoms in total. The molecule has 0 aliphatic heterocycles. The van der Waals surface area contributed by atoms with Gasteiger partial charge in [0.15, 0.2) is 0 Å². The van der Waals surface area contributed by atoms with Gasteiger partial charge in [-0.1, -0.05) is 50.6 Å². The Hall–Kier alpha value is -2.63. The van der Waals surface area contributed by atoms with E-state index in [1.54, 1.807) is 6.20 Å². The summed E-state index contributed by atoms with van der Waals surface area (Å²) in [6.07, 6.45) is 2.65. The summed E-state index contributed by atoms with van der Waals surface area (Å²) < 4.78 is 1.86. The summed E-state index contributed by atoms with van der Waals surface area (Å²) in [4.78, 5) is 24.2. The van der Waals surface area contributed by atoms with Crippen molar-refractivity contribution in [1.29, 1.82) is 0 Å². The summed E-state index contributed by atoms with van der Waals surface area (Å²) in [6, 6.07) is 7.78. The van der Waals surface area contributed by atoms with Gasteiger partial charge in [-0.05, 0) is 31.2 Å². The van der Waals surface area contributed by atoms with Crippen LogP contribution in [0.4, 0.5) is 0 Å². The van der Waals surface area contributed by atoms with Gasteiger partial charge in [-0.3, -0.25) is 14.3 Å². The Kier molecular flexibility index (Phi) is 7.16. The van der Waals surface area contributed by atoms with Crippen molar-refractivity contribution in [3.05, 3.63) is 52.8 Å². The number of carbonyl (C=O) groups excluding carboxylic acids is 1. The van der Waals surface area contributed by atoms with Gasteiger partial charge in [0.2, 0.25) is 0 Å². The predicted molar refractivity (Wildman–Crippen MR) is 105 cm³/mol. The fraction of sp³-hybridized carbons (Fsp3) is 0.476. The van der Waals surface area contributed by atoms with E-state index in [0.29, 0.717) is 24.3 Å². The first kappa shape index (κ1) is 20.7. The topological polar surface area (TPSA) is 84.2 Å². The van der Waals surface area contributed by atoms with Crippen molar-refractivity contribution >= 4 is 11.9 Å². The Morgan fingerprint density at radius 2 is 2.04 bits per heavy atom. The molecule has 1 unspecified atom stereocenters. The van der Waals surface area contributed by atoms with Gasteiger partial charge in [0, 0.05) is 13.1 Å².